The Kier molecular flexibility index (Phi) is 5.44. The van der Waals surface area contributed by atoms with E-state index in [1.54, 1.807) is 0 Å². The van der Waals surface area contributed by atoms with E-state index >= 15 is 0 Å². The minimum atomic E-state index is -1.82. The Hall–Kier alpha value is 0.0669. The molecule has 0 saturated carbocycles. The predicted octanol–water partition coefficient (Wildman–Crippen LogP) is 3.87. The molecule has 0 aliphatic carbocycles. The molecule has 0 amide bonds. The first-order valence-corrected chi connectivity index (χ1v) is 8.77. The van der Waals surface area contributed by atoms with Crippen molar-refractivity contribution in [2.75, 3.05) is 0 Å². The SMILES string of the molecule is C=C(Br)[C@@H](CC=O)O[Si](C)(C)C(C)(C)C. The van der Waals surface area contributed by atoms with Gasteiger partial charge in [-0.25, -0.2) is 0 Å². The van der Waals surface area contributed by atoms with Crippen LogP contribution in [-0.2, 0) is 9.22 Å². The van der Waals surface area contributed by atoms with Crippen LogP contribution in [0.2, 0.25) is 18.1 Å². The fourth-order valence-electron chi connectivity index (χ4n) is 0.860. The van der Waals surface area contributed by atoms with Gasteiger partial charge in [-0.2, -0.15) is 0 Å². The van der Waals surface area contributed by atoms with Crippen LogP contribution in [0.5, 0.6) is 0 Å². The molecule has 0 spiro atoms. The van der Waals surface area contributed by atoms with Crippen LogP contribution in [0, 0.1) is 0 Å². The highest BCUT2D eigenvalue weighted by Gasteiger charge is 2.39. The van der Waals surface area contributed by atoms with Gasteiger partial charge >= 0.3 is 0 Å². The monoisotopic (exact) mass is 292 g/mol. The molecule has 0 radical (unpaired) electrons. The zero-order valence-electron chi connectivity index (χ0n) is 10.3. The van der Waals surface area contributed by atoms with Crippen molar-refractivity contribution in [1.82, 2.24) is 0 Å². The third-order valence-corrected chi connectivity index (χ3v) is 7.90. The van der Waals surface area contributed by atoms with Crippen LogP contribution in [0.3, 0.4) is 0 Å². The number of hydrogen-bond acceptors (Lipinski definition) is 2. The zero-order valence-corrected chi connectivity index (χ0v) is 12.8. The normalized spacial score (nSPS) is 14.8. The van der Waals surface area contributed by atoms with Crippen LogP contribution in [-0.4, -0.2) is 20.7 Å². The molecule has 0 aliphatic heterocycles. The second-order valence-corrected chi connectivity index (χ2v) is 11.0. The second kappa shape index (κ2) is 5.41. The summed E-state index contributed by atoms with van der Waals surface area (Å²) in [6.45, 7) is 14.7. The molecule has 0 aromatic carbocycles. The maximum absolute atomic E-state index is 10.5. The van der Waals surface area contributed by atoms with Gasteiger partial charge in [0.15, 0.2) is 8.32 Å². The topological polar surface area (TPSA) is 26.3 Å². The predicted molar refractivity (Wildman–Crippen MR) is 70.8 cm³/mol. The lowest BCUT2D eigenvalue weighted by Crippen LogP contribution is -2.44. The molecule has 0 bridgehead atoms. The van der Waals surface area contributed by atoms with E-state index < -0.39 is 8.32 Å². The fraction of sp³-hybridized carbons (Fsp3) is 0.727. The van der Waals surface area contributed by atoms with Crippen LogP contribution in [0.25, 0.3) is 0 Å². The molecule has 2 nitrogen and oxygen atoms in total. The molecule has 1 atom stereocenters. The molecule has 0 aromatic rings. The van der Waals surface area contributed by atoms with Crippen molar-refractivity contribution < 1.29 is 9.22 Å². The summed E-state index contributed by atoms with van der Waals surface area (Å²) < 4.78 is 6.81. The van der Waals surface area contributed by atoms with Gasteiger partial charge in [0, 0.05) is 10.9 Å². The highest BCUT2D eigenvalue weighted by Crippen LogP contribution is 2.38. The van der Waals surface area contributed by atoms with Gasteiger partial charge in [-0.3, -0.25) is 0 Å². The van der Waals surface area contributed by atoms with E-state index in [1.165, 1.54) is 0 Å². The van der Waals surface area contributed by atoms with Crippen molar-refractivity contribution in [3.05, 3.63) is 11.1 Å². The third-order valence-electron chi connectivity index (χ3n) is 2.90. The maximum atomic E-state index is 10.5. The highest BCUT2D eigenvalue weighted by atomic mass is 79.9. The average Bonchev–Trinajstić information content (AvgIpc) is 2.00. The highest BCUT2D eigenvalue weighted by molar-refractivity contribution is 9.11. The number of carbonyl (C=O) groups excluding carboxylic acids is 1. The van der Waals surface area contributed by atoms with Crippen molar-refractivity contribution >= 4 is 30.5 Å². The lowest BCUT2D eigenvalue weighted by molar-refractivity contribution is -0.108. The van der Waals surface area contributed by atoms with E-state index in [9.17, 15) is 4.79 Å². The van der Waals surface area contributed by atoms with Crippen molar-refractivity contribution in [2.24, 2.45) is 0 Å². The number of halogens is 1. The summed E-state index contributed by atoms with van der Waals surface area (Å²) in [4.78, 5) is 10.5. The van der Waals surface area contributed by atoms with E-state index in [2.05, 4.69) is 56.4 Å². The van der Waals surface area contributed by atoms with Gasteiger partial charge in [0.2, 0.25) is 0 Å². The Bertz CT molecular complexity index is 243. The molecule has 4 heteroatoms. The Balaban J connectivity index is 4.66. The molecule has 0 heterocycles. The van der Waals surface area contributed by atoms with Gasteiger partial charge in [0.05, 0.1) is 6.10 Å². The van der Waals surface area contributed by atoms with Gasteiger partial charge in [0.25, 0.3) is 0 Å². The Morgan fingerprint density at radius 1 is 1.53 bits per heavy atom. The number of aldehydes is 1. The van der Waals surface area contributed by atoms with Crippen LogP contribution < -0.4 is 0 Å². The van der Waals surface area contributed by atoms with Crippen molar-refractivity contribution in [3.8, 4) is 0 Å². The smallest absolute Gasteiger partial charge is 0.192 e. The van der Waals surface area contributed by atoms with Gasteiger partial charge in [-0.1, -0.05) is 43.3 Å². The largest absolute Gasteiger partial charge is 0.409 e. The third kappa shape index (κ3) is 4.62. The fourth-order valence-corrected chi connectivity index (χ4v) is 2.62. The van der Waals surface area contributed by atoms with Crippen molar-refractivity contribution in [3.63, 3.8) is 0 Å². The summed E-state index contributed by atoms with van der Waals surface area (Å²) in [5.41, 5.74) is 0. The lowest BCUT2D eigenvalue weighted by atomic mass is 10.2. The lowest BCUT2D eigenvalue weighted by Gasteiger charge is -2.38. The van der Waals surface area contributed by atoms with E-state index in [0.717, 1.165) is 10.8 Å². The Morgan fingerprint density at radius 3 is 2.27 bits per heavy atom. The molecule has 0 aromatic heterocycles. The quantitative estimate of drug-likeness (QED) is 0.568. The van der Waals surface area contributed by atoms with Gasteiger partial charge in [0.1, 0.15) is 6.29 Å². The van der Waals surface area contributed by atoms with E-state index in [1.807, 2.05) is 0 Å². The number of carbonyl (C=O) groups is 1. The summed E-state index contributed by atoms with van der Waals surface area (Å²) in [5, 5.41) is 0.149. The maximum Gasteiger partial charge on any atom is 0.192 e. The molecule has 15 heavy (non-hydrogen) atoms. The first kappa shape index (κ1) is 15.1. The minimum absolute atomic E-state index is 0.149. The molecule has 0 saturated heterocycles. The van der Waals surface area contributed by atoms with Gasteiger partial charge < -0.3 is 9.22 Å². The number of hydrogen-bond donors (Lipinski definition) is 0. The molecule has 88 valence electrons. The van der Waals surface area contributed by atoms with Gasteiger partial charge in [-0.15, -0.1) is 0 Å². The van der Waals surface area contributed by atoms with Gasteiger partial charge in [-0.05, 0) is 18.1 Å². The Morgan fingerprint density at radius 2 is 2.00 bits per heavy atom. The zero-order chi connectivity index (χ0) is 12.3. The first-order valence-electron chi connectivity index (χ1n) is 5.07. The van der Waals surface area contributed by atoms with Crippen molar-refractivity contribution in [2.45, 2.75) is 51.4 Å². The summed E-state index contributed by atoms with van der Waals surface area (Å²) in [6, 6.07) is 0. The summed E-state index contributed by atoms with van der Waals surface area (Å²) in [6.07, 6.45) is 1.06. The molecule has 0 unspecified atom stereocenters. The molecular weight excluding hydrogens is 272 g/mol. The van der Waals surface area contributed by atoms with Crippen molar-refractivity contribution in [1.29, 1.82) is 0 Å². The first-order chi connectivity index (χ1) is 6.62. The van der Waals surface area contributed by atoms with Crippen LogP contribution >= 0.6 is 15.9 Å². The standard InChI is InChI=1S/C11H21BrO2Si/c1-9(12)10(7-8-13)14-15(5,6)11(2,3)4/h8,10H,1,7H2,2-6H3/t10-/m1/s1. The summed E-state index contributed by atoms with van der Waals surface area (Å²) >= 11 is 3.31. The van der Waals surface area contributed by atoms with Crippen LogP contribution in [0.1, 0.15) is 27.2 Å². The molecule has 0 aliphatic rings. The van der Waals surface area contributed by atoms with E-state index in [-0.39, 0.29) is 11.1 Å². The minimum Gasteiger partial charge on any atom is -0.409 e. The van der Waals surface area contributed by atoms with Crippen LogP contribution in [0.4, 0.5) is 0 Å². The number of rotatable bonds is 5. The Labute approximate surface area is 102 Å². The molecule has 0 N–H and O–H groups in total. The van der Waals surface area contributed by atoms with Crippen LogP contribution in [0.15, 0.2) is 11.1 Å². The summed E-state index contributed by atoms with van der Waals surface area (Å²) in [7, 11) is -1.82. The summed E-state index contributed by atoms with van der Waals surface area (Å²) in [5.74, 6) is 0. The second-order valence-electron chi connectivity index (χ2n) is 5.22. The average molecular weight is 293 g/mol. The van der Waals surface area contributed by atoms with E-state index in [0.29, 0.717) is 6.42 Å². The van der Waals surface area contributed by atoms with E-state index in [4.69, 9.17) is 4.43 Å². The molecule has 0 rings (SSSR count). The molecule has 0 fully saturated rings. The molecular formula is C11H21BrO2Si.